The third kappa shape index (κ3) is 2.47. The maximum absolute atomic E-state index is 9.04. The van der Waals surface area contributed by atoms with Crippen LogP contribution in [0.5, 0.6) is 0 Å². The van der Waals surface area contributed by atoms with Crippen LogP contribution in [-0.4, -0.2) is 9.94 Å². The van der Waals surface area contributed by atoms with Crippen LogP contribution in [0.15, 0.2) is 53.8 Å². The second kappa shape index (κ2) is 4.00. The molecule has 0 bridgehead atoms. The SMILES string of the molecule is Cc1cccc(N=c2ccn(O)cc2)c1. The monoisotopic (exact) mass is 200 g/mol. The van der Waals surface area contributed by atoms with Gasteiger partial charge in [-0.15, -0.1) is 0 Å². The third-order valence-electron chi connectivity index (χ3n) is 2.06. The van der Waals surface area contributed by atoms with E-state index in [1.54, 1.807) is 24.5 Å². The van der Waals surface area contributed by atoms with Crippen molar-refractivity contribution < 1.29 is 5.21 Å². The number of hydrogen-bond donors (Lipinski definition) is 1. The molecule has 2 rings (SSSR count). The summed E-state index contributed by atoms with van der Waals surface area (Å²) in [5, 5.41) is 9.87. The maximum atomic E-state index is 9.04. The van der Waals surface area contributed by atoms with Crippen LogP contribution < -0.4 is 5.36 Å². The Hall–Kier alpha value is -2.03. The summed E-state index contributed by atoms with van der Waals surface area (Å²) in [5.41, 5.74) is 2.11. The molecule has 0 unspecified atom stereocenters. The van der Waals surface area contributed by atoms with Gasteiger partial charge < -0.3 is 5.21 Å². The van der Waals surface area contributed by atoms with E-state index in [-0.39, 0.29) is 0 Å². The fourth-order valence-corrected chi connectivity index (χ4v) is 1.33. The predicted molar refractivity (Wildman–Crippen MR) is 58.0 cm³/mol. The summed E-state index contributed by atoms with van der Waals surface area (Å²) in [6, 6.07) is 11.5. The third-order valence-corrected chi connectivity index (χ3v) is 2.06. The average molecular weight is 200 g/mol. The Balaban J connectivity index is 2.42. The fourth-order valence-electron chi connectivity index (χ4n) is 1.33. The first-order valence-electron chi connectivity index (χ1n) is 4.73. The van der Waals surface area contributed by atoms with Crippen molar-refractivity contribution in [1.29, 1.82) is 0 Å². The van der Waals surface area contributed by atoms with E-state index in [0.717, 1.165) is 15.8 Å². The minimum atomic E-state index is 0.825. The number of rotatable bonds is 1. The minimum Gasteiger partial charge on any atom is -0.429 e. The molecule has 2 aromatic rings. The lowest BCUT2D eigenvalue weighted by atomic mass is 10.2. The van der Waals surface area contributed by atoms with Gasteiger partial charge in [0.1, 0.15) is 0 Å². The van der Waals surface area contributed by atoms with E-state index < -0.39 is 0 Å². The zero-order valence-corrected chi connectivity index (χ0v) is 8.46. The van der Waals surface area contributed by atoms with Gasteiger partial charge in [-0.25, -0.2) is 9.72 Å². The molecule has 0 radical (unpaired) electrons. The zero-order valence-electron chi connectivity index (χ0n) is 8.46. The Morgan fingerprint density at radius 2 is 1.87 bits per heavy atom. The molecule has 0 saturated heterocycles. The molecular weight excluding hydrogens is 188 g/mol. The number of aromatic nitrogens is 1. The Labute approximate surface area is 87.9 Å². The van der Waals surface area contributed by atoms with Crippen LogP contribution in [0, 0.1) is 6.92 Å². The van der Waals surface area contributed by atoms with Gasteiger partial charge in [0, 0.05) is 12.4 Å². The summed E-state index contributed by atoms with van der Waals surface area (Å²) >= 11 is 0. The number of aryl methyl sites for hydroxylation is 1. The topological polar surface area (TPSA) is 37.5 Å². The van der Waals surface area contributed by atoms with Crippen molar-refractivity contribution in [2.75, 3.05) is 0 Å². The van der Waals surface area contributed by atoms with Crippen molar-refractivity contribution >= 4 is 5.69 Å². The summed E-state index contributed by atoms with van der Waals surface area (Å²) in [7, 11) is 0. The molecule has 1 aromatic heterocycles. The molecule has 3 nitrogen and oxygen atoms in total. The molecule has 0 atom stereocenters. The molecule has 0 aliphatic rings. The smallest absolute Gasteiger partial charge is 0.0668 e. The zero-order chi connectivity index (χ0) is 10.7. The standard InChI is InChI=1S/C12H12N2O/c1-10-3-2-4-12(9-10)13-11-5-7-14(15)8-6-11/h2-9,15H,1H3. The Kier molecular flexibility index (Phi) is 2.54. The minimum absolute atomic E-state index is 0.825. The van der Waals surface area contributed by atoms with Gasteiger partial charge in [-0.05, 0) is 36.8 Å². The Morgan fingerprint density at radius 1 is 1.13 bits per heavy atom. The molecule has 0 aliphatic heterocycles. The average Bonchev–Trinajstić information content (AvgIpc) is 2.22. The molecule has 1 aromatic carbocycles. The highest BCUT2D eigenvalue weighted by Crippen LogP contribution is 2.11. The van der Waals surface area contributed by atoms with Crippen LogP contribution in [0.1, 0.15) is 5.56 Å². The lowest BCUT2D eigenvalue weighted by molar-refractivity contribution is 0.184. The van der Waals surface area contributed by atoms with Gasteiger partial charge in [-0.3, -0.25) is 0 Å². The highest BCUT2D eigenvalue weighted by atomic mass is 16.5. The van der Waals surface area contributed by atoms with Crippen molar-refractivity contribution in [3.05, 3.63) is 59.7 Å². The van der Waals surface area contributed by atoms with Crippen molar-refractivity contribution in [2.24, 2.45) is 4.99 Å². The summed E-state index contributed by atoms with van der Waals surface area (Å²) in [5.74, 6) is 0. The first-order chi connectivity index (χ1) is 7.24. The number of hydrogen-bond acceptors (Lipinski definition) is 2. The van der Waals surface area contributed by atoms with E-state index in [9.17, 15) is 0 Å². The quantitative estimate of drug-likeness (QED) is 0.704. The molecule has 76 valence electrons. The lowest BCUT2D eigenvalue weighted by Crippen LogP contribution is -2.02. The van der Waals surface area contributed by atoms with Gasteiger partial charge in [0.25, 0.3) is 0 Å². The lowest BCUT2D eigenvalue weighted by Gasteiger charge is -1.96. The summed E-state index contributed by atoms with van der Waals surface area (Å²) in [4.78, 5) is 4.42. The molecular formula is C12H12N2O. The van der Waals surface area contributed by atoms with Crippen LogP contribution in [0.2, 0.25) is 0 Å². The molecule has 0 fully saturated rings. The predicted octanol–water partition coefficient (Wildman–Crippen LogP) is 2.27. The van der Waals surface area contributed by atoms with Crippen LogP contribution in [0.25, 0.3) is 0 Å². The highest BCUT2D eigenvalue weighted by Gasteiger charge is 1.89. The summed E-state index contributed by atoms with van der Waals surface area (Å²) < 4.78 is 0.995. The molecule has 0 saturated carbocycles. The van der Waals surface area contributed by atoms with Crippen LogP contribution in [0.4, 0.5) is 5.69 Å². The molecule has 1 N–H and O–H groups in total. The second-order valence-electron chi connectivity index (χ2n) is 3.39. The number of pyridine rings is 1. The molecule has 15 heavy (non-hydrogen) atoms. The summed E-state index contributed by atoms with van der Waals surface area (Å²) in [6.07, 6.45) is 3.10. The van der Waals surface area contributed by atoms with E-state index in [1.165, 1.54) is 5.56 Å². The second-order valence-corrected chi connectivity index (χ2v) is 3.39. The van der Waals surface area contributed by atoms with E-state index >= 15 is 0 Å². The van der Waals surface area contributed by atoms with Crippen molar-refractivity contribution in [1.82, 2.24) is 4.73 Å². The van der Waals surface area contributed by atoms with E-state index in [4.69, 9.17) is 5.21 Å². The van der Waals surface area contributed by atoms with Crippen molar-refractivity contribution in [2.45, 2.75) is 6.92 Å². The molecule has 1 heterocycles. The van der Waals surface area contributed by atoms with Crippen molar-refractivity contribution in [3.63, 3.8) is 0 Å². The fraction of sp³-hybridized carbons (Fsp3) is 0.0833. The largest absolute Gasteiger partial charge is 0.429 e. The molecule has 0 amide bonds. The maximum Gasteiger partial charge on any atom is 0.0668 e. The highest BCUT2D eigenvalue weighted by molar-refractivity contribution is 5.39. The first-order valence-corrected chi connectivity index (χ1v) is 4.73. The molecule has 0 aliphatic carbocycles. The Bertz CT molecular complexity index is 509. The first kappa shape index (κ1) is 9.52. The molecule has 0 spiro atoms. The van der Waals surface area contributed by atoms with Crippen LogP contribution >= 0.6 is 0 Å². The van der Waals surface area contributed by atoms with Crippen LogP contribution in [-0.2, 0) is 0 Å². The van der Waals surface area contributed by atoms with Gasteiger partial charge in [-0.2, -0.15) is 0 Å². The van der Waals surface area contributed by atoms with E-state index in [0.29, 0.717) is 0 Å². The normalized spacial score (nSPS) is 9.93. The summed E-state index contributed by atoms with van der Waals surface area (Å²) in [6.45, 7) is 2.03. The van der Waals surface area contributed by atoms with Gasteiger partial charge in [0.2, 0.25) is 0 Å². The van der Waals surface area contributed by atoms with Gasteiger partial charge in [0.05, 0.1) is 11.0 Å². The molecule has 3 heteroatoms. The van der Waals surface area contributed by atoms with Gasteiger partial charge in [0.15, 0.2) is 0 Å². The number of benzene rings is 1. The van der Waals surface area contributed by atoms with Crippen molar-refractivity contribution in [3.8, 4) is 0 Å². The van der Waals surface area contributed by atoms with E-state index in [2.05, 4.69) is 4.99 Å². The Morgan fingerprint density at radius 3 is 2.53 bits per heavy atom. The van der Waals surface area contributed by atoms with E-state index in [1.807, 2.05) is 31.2 Å². The number of nitrogens with zero attached hydrogens (tertiary/aromatic N) is 2. The van der Waals surface area contributed by atoms with Gasteiger partial charge >= 0.3 is 0 Å². The van der Waals surface area contributed by atoms with Crippen LogP contribution in [0.3, 0.4) is 0 Å². The van der Waals surface area contributed by atoms with Gasteiger partial charge in [-0.1, -0.05) is 12.1 Å².